The minimum atomic E-state index is -0.0953. The van der Waals surface area contributed by atoms with Gasteiger partial charge in [0, 0.05) is 24.5 Å². The zero-order valence-electron chi connectivity index (χ0n) is 13.3. The van der Waals surface area contributed by atoms with Crippen molar-refractivity contribution in [2.75, 3.05) is 20.2 Å². The Morgan fingerprint density at radius 1 is 1.25 bits per heavy atom. The molecule has 2 heterocycles. The molecule has 0 saturated carbocycles. The van der Waals surface area contributed by atoms with Crippen molar-refractivity contribution >= 4 is 21.8 Å². The van der Waals surface area contributed by atoms with Crippen LogP contribution in [0.25, 0.3) is 0 Å². The average Bonchev–Trinajstić information content (AvgIpc) is 2.63. The van der Waals surface area contributed by atoms with E-state index in [1.807, 2.05) is 4.90 Å². The van der Waals surface area contributed by atoms with Crippen LogP contribution in [0.1, 0.15) is 23.2 Å². The summed E-state index contributed by atoms with van der Waals surface area (Å²) < 4.78 is 11.7. The van der Waals surface area contributed by atoms with Gasteiger partial charge in [-0.25, -0.2) is 9.97 Å². The van der Waals surface area contributed by atoms with Gasteiger partial charge in [0.15, 0.2) is 0 Å². The van der Waals surface area contributed by atoms with Gasteiger partial charge in [-0.1, -0.05) is 0 Å². The molecule has 1 aromatic carbocycles. The molecule has 1 amide bonds. The van der Waals surface area contributed by atoms with Gasteiger partial charge >= 0.3 is 6.01 Å². The van der Waals surface area contributed by atoms with Crippen molar-refractivity contribution in [2.45, 2.75) is 18.9 Å². The summed E-state index contributed by atoms with van der Waals surface area (Å²) >= 11 is 3.29. The van der Waals surface area contributed by atoms with E-state index in [2.05, 4.69) is 25.9 Å². The Balaban J connectivity index is 1.63. The summed E-state index contributed by atoms with van der Waals surface area (Å²) in [5.74, 6) is 0.737. The van der Waals surface area contributed by atoms with E-state index in [9.17, 15) is 4.79 Å². The second-order valence-corrected chi connectivity index (χ2v) is 6.46. The molecular formula is C17H18BrN3O3. The first-order chi connectivity index (χ1) is 11.7. The maximum absolute atomic E-state index is 12.6. The van der Waals surface area contributed by atoms with Crippen molar-refractivity contribution in [2.24, 2.45) is 0 Å². The number of hydrogen-bond donors (Lipinski definition) is 0. The molecule has 1 aliphatic rings. The van der Waals surface area contributed by atoms with Gasteiger partial charge in [0.05, 0.1) is 18.1 Å². The summed E-state index contributed by atoms with van der Waals surface area (Å²) in [6, 6.07) is 7.48. The summed E-state index contributed by atoms with van der Waals surface area (Å²) in [5.41, 5.74) is 0.649. The SMILES string of the molecule is COc1ccc(C(=O)N2CCCC(Oc3ncc(Br)cn3)C2)cc1. The highest BCUT2D eigenvalue weighted by Crippen LogP contribution is 2.19. The Labute approximate surface area is 148 Å². The minimum absolute atomic E-state index is 0.00248. The van der Waals surface area contributed by atoms with Crippen LogP contribution >= 0.6 is 15.9 Å². The molecule has 3 rings (SSSR count). The van der Waals surface area contributed by atoms with E-state index in [0.717, 1.165) is 29.6 Å². The average molecular weight is 392 g/mol. The molecule has 1 aromatic heterocycles. The van der Waals surface area contributed by atoms with Crippen LogP contribution in [-0.2, 0) is 0 Å². The van der Waals surface area contributed by atoms with E-state index in [1.54, 1.807) is 43.8 Å². The molecule has 0 radical (unpaired) electrons. The first kappa shape index (κ1) is 16.7. The topological polar surface area (TPSA) is 64.5 Å². The monoisotopic (exact) mass is 391 g/mol. The van der Waals surface area contributed by atoms with Crippen LogP contribution < -0.4 is 9.47 Å². The van der Waals surface area contributed by atoms with Crippen LogP contribution in [-0.4, -0.2) is 47.1 Å². The van der Waals surface area contributed by atoms with Crippen molar-refractivity contribution in [3.63, 3.8) is 0 Å². The van der Waals surface area contributed by atoms with Crippen molar-refractivity contribution < 1.29 is 14.3 Å². The molecule has 7 heteroatoms. The smallest absolute Gasteiger partial charge is 0.316 e. The fourth-order valence-electron chi connectivity index (χ4n) is 2.65. The molecular weight excluding hydrogens is 374 g/mol. The lowest BCUT2D eigenvalue weighted by Crippen LogP contribution is -2.44. The van der Waals surface area contributed by atoms with Gasteiger partial charge in [0.25, 0.3) is 5.91 Å². The number of hydrogen-bond acceptors (Lipinski definition) is 5. The van der Waals surface area contributed by atoms with E-state index in [4.69, 9.17) is 9.47 Å². The number of aromatic nitrogens is 2. The molecule has 24 heavy (non-hydrogen) atoms. The molecule has 1 unspecified atom stereocenters. The molecule has 0 N–H and O–H groups in total. The van der Waals surface area contributed by atoms with Crippen molar-refractivity contribution in [1.82, 2.24) is 14.9 Å². The largest absolute Gasteiger partial charge is 0.497 e. The van der Waals surface area contributed by atoms with Gasteiger partial charge < -0.3 is 14.4 Å². The Bertz CT molecular complexity index is 691. The number of carbonyl (C=O) groups is 1. The zero-order valence-corrected chi connectivity index (χ0v) is 14.9. The summed E-state index contributed by atoms with van der Waals surface area (Å²) in [6.45, 7) is 1.26. The van der Waals surface area contributed by atoms with Crippen LogP contribution in [0.4, 0.5) is 0 Å². The Hall–Kier alpha value is -2.15. The van der Waals surface area contributed by atoms with Gasteiger partial charge in [-0.3, -0.25) is 4.79 Å². The summed E-state index contributed by atoms with van der Waals surface area (Å²) in [5, 5.41) is 0. The predicted molar refractivity (Wildman–Crippen MR) is 92.3 cm³/mol. The van der Waals surface area contributed by atoms with E-state index in [1.165, 1.54) is 0 Å². The number of amides is 1. The number of nitrogens with zero attached hydrogens (tertiary/aromatic N) is 3. The molecule has 2 aromatic rings. The Morgan fingerprint density at radius 2 is 1.96 bits per heavy atom. The number of methoxy groups -OCH3 is 1. The highest BCUT2D eigenvalue weighted by atomic mass is 79.9. The van der Waals surface area contributed by atoms with Gasteiger partial charge in [0.2, 0.25) is 0 Å². The second-order valence-electron chi connectivity index (χ2n) is 5.55. The molecule has 1 fully saturated rings. The van der Waals surface area contributed by atoms with Crippen LogP contribution in [0.5, 0.6) is 11.8 Å². The minimum Gasteiger partial charge on any atom is -0.497 e. The number of benzene rings is 1. The van der Waals surface area contributed by atoms with Gasteiger partial charge in [-0.2, -0.15) is 0 Å². The van der Waals surface area contributed by atoms with Crippen molar-refractivity contribution in [3.8, 4) is 11.8 Å². The molecule has 1 saturated heterocycles. The number of likely N-dealkylation sites (tertiary alicyclic amines) is 1. The fraction of sp³-hybridized carbons (Fsp3) is 0.353. The lowest BCUT2D eigenvalue weighted by molar-refractivity contribution is 0.0515. The van der Waals surface area contributed by atoms with E-state index in [-0.39, 0.29) is 12.0 Å². The zero-order chi connectivity index (χ0) is 16.9. The summed E-state index contributed by atoms with van der Waals surface area (Å²) in [7, 11) is 1.60. The van der Waals surface area contributed by atoms with Gasteiger partial charge in [-0.15, -0.1) is 0 Å². The van der Waals surface area contributed by atoms with E-state index < -0.39 is 0 Å². The number of halogens is 1. The number of piperidine rings is 1. The standard InChI is InChI=1S/C17H18BrN3O3/c1-23-14-6-4-12(5-7-14)16(22)21-8-2-3-15(11-21)24-17-19-9-13(18)10-20-17/h4-7,9-10,15H,2-3,8,11H2,1H3. The Morgan fingerprint density at radius 3 is 2.62 bits per heavy atom. The van der Waals surface area contributed by atoms with Gasteiger partial charge in [0.1, 0.15) is 11.9 Å². The quantitative estimate of drug-likeness (QED) is 0.801. The fourth-order valence-corrected chi connectivity index (χ4v) is 2.85. The lowest BCUT2D eigenvalue weighted by Gasteiger charge is -2.32. The molecule has 0 bridgehead atoms. The van der Waals surface area contributed by atoms with Crippen LogP contribution in [0.15, 0.2) is 41.1 Å². The number of ether oxygens (including phenoxy) is 2. The Kier molecular flexibility index (Phi) is 5.30. The van der Waals surface area contributed by atoms with E-state index >= 15 is 0 Å². The second kappa shape index (κ2) is 7.61. The molecule has 0 spiro atoms. The highest BCUT2D eigenvalue weighted by molar-refractivity contribution is 9.10. The normalized spacial score (nSPS) is 17.4. The van der Waals surface area contributed by atoms with Crippen LogP contribution in [0.2, 0.25) is 0 Å². The maximum atomic E-state index is 12.6. The third-order valence-electron chi connectivity index (χ3n) is 3.87. The molecule has 0 aliphatic carbocycles. The van der Waals surface area contributed by atoms with Crippen LogP contribution in [0, 0.1) is 0 Å². The maximum Gasteiger partial charge on any atom is 0.316 e. The molecule has 1 aliphatic heterocycles. The summed E-state index contributed by atoms with van der Waals surface area (Å²) in [6.07, 6.45) is 4.97. The number of carbonyl (C=O) groups excluding carboxylic acids is 1. The highest BCUT2D eigenvalue weighted by Gasteiger charge is 2.26. The van der Waals surface area contributed by atoms with Gasteiger partial charge in [-0.05, 0) is 53.0 Å². The number of rotatable bonds is 4. The first-order valence-electron chi connectivity index (χ1n) is 7.73. The molecule has 126 valence electrons. The third-order valence-corrected chi connectivity index (χ3v) is 4.28. The summed E-state index contributed by atoms with van der Waals surface area (Å²) in [4.78, 5) is 22.7. The molecule has 6 nitrogen and oxygen atoms in total. The lowest BCUT2D eigenvalue weighted by atomic mass is 10.1. The van der Waals surface area contributed by atoms with E-state index in [0.29, 0.717) is 18.1 Å². The van der Waals surface area contributed by atoms with Crippen molar-refractivity contribution in [3.05, 3.63) is 46.7 Å². The van der Waals surface area contributed by atoms with Crippen LogP contribution in [0.3, 0.4) is 0 Å². The predicted octanol–water partition coefficient (Wildman–Crippen LogP) is 2.93. The third kappa shape index (κ3) is 4.03. The first-order valence-corrected chi connectivity index (χ1v) is 8.52. The van der Waals surface area contributed by atoms with Crippen molar-refractivity contribution in [1.29, 1.82) is 0 Å². The molecule has 1 atom stereocenters.